The minimum atomic E-state index is -0.912. The van der Waals surface area contributed by atoms with Crippen LogP contribution in [0.15, 0.2) is 18.2 Å². The number of nitrogens with one attached hydrogen (secondary N) is 1. The highest BCUT2D eigenvalue weighted by Gasteiger charge is 2.49. The van der Waals surface area contributed by atoms with Gasteiger partial charge in [0.2, 0.25) is 0 Å². The fraction of sp³-hybridized carbons (Fsp3) is 0.556. The van der Waals surface area contributed by atoms with E-state index in [1.54, 1.807) is 28.9 Å². The highest BCUT2D eigenvalue weighted by Crippen LogP contribution is 2.39. The van der Waals surface area contributed by atoms with Gasteiger partial charge in [-0.1, -0.05) is 19.9 Å². The molecule has 24 heavy (non-hydrogen) atoms. The molecule has 3 amide bonds. The van der Waals surface area contributed by atoms with Crippen LogP contribution in [0.25, 0.3) is 0 Å². The first-order valence-corrected chi connectivity index (χ1v) is 8.30. The molecule has 2 fully saturated rings. The summed E-state index contributed by atoms with van der Waals surface area (Å²) < 4.78 is 0. The number of carbonyl (C=O) groups is 2. The summed E-state index contributed by atoms with van der Waals surface area (Å²) in [6, 6.07) is 5.30. The van der Waals surface area contributed by atoms with Crippen molar-refractivity contribution in [3.8, 4) is 0 Å². The summed E-state index contributed by atoms with van der Waals surface area (Å²) in [6.07, 6.45) is 0. The quantitative estimate of drug-likeness (QED) is 0.867. The van der Waals surface area contributed by atoms with E-state index in [1.807, 2.05) is 26.8 Å². The fourth-order valence-corrected chi connectivity index (χ4v) is 3.35. The van der Waals surface area contributed by atoms with Crippen LogP contribution >= 0.6 is 0 Å². The third kappa shape index (κ3) is 2.65. The van der Waals surface area contributed by atoms with Crippen LogP contribution in [0.4, 0.5) is 10.5 Å². The number of rotatable bonds is 2. The Bertz CT molecular complexity index is 681. The first-order valence-electron chi connectivity index (χ1n) is 8.30. The Kier molecular flexibility index (Phi) is 3.83. The standard InChI is InChI=1S/C18H25N3O3/c1-12-5-6-13(9-14(12)21-8-7-19-16(21)23)15(22)20-10-17(2,3)18(4,24)11-20/h5-6,9,24H,7-8,10-11H2,1-4H3,(H,19,23)/t18-/m1/s1. The molecule has 1 atom stereocenters. The molecule has 0 saturated carbocycles. The maximum Gasteiger partial charge on any atom is 0.322 e. The summed E-state index contributed by atoms with van der Waals surface area (Å²) in [7, 11) is 0. The van der Waals surface area contributed by atoms with Gasteiger partial charge in [0.05, 0.1) is 12.1 Å². The lowest BCUT2D eigenvalue weighted by Crippen LogP contribution is -2.40. The number of β-amino-alcohol motifs (C(OH)–C–C–N with tert-alkyl or cyclic N) is 1. The first-order chi connectivity index (χ1) is 11.1. The molecule has 1 aromatic rings. The second-order valence-corrected chi connectivity index (χ2v) is 7.70. The summed E-state index contributed by atoms with van der Waals surface area (Å²) in [4.78, 5) is 28.2. The normalized spacial score (nSPS) is 26.0. The SMILES string of the molecule is Cc1ccc(C(=O)N2CC(C)(C)[C@](C)(O)C2)cc1N1CCNC1=O. The summed E-state index contributed by atoms with van der Waals surface area (Å²) in [6.45, 7) is 9.67. The lowest BCUT2D eigenvalue weighted by Gasteiger charge is -2.30. The maximum atomic E-state index is 12.9. The first kappa shape index (κ1) is 16.8. The van der Waals surface area contributed by atoms with E-state index in [0.29, 0.717) is 31.7 Å². The number of urea groups is 1. The van der Waals surface area contributed by atoms with Gasteiger partial charge < -0.3 is 15.3 Å². The monoisotopic (exact) mass is 331 g/mol. The molecule has 0 aliphatic carbocycles. The van der Waals surface area contributed by atoms with Crippen molar-refractivity contribution in [2.24, 2.45) is 5.41 Å². The zero-order valence-corrected chi connectivity index (χ0v) is 14.7. The number of nitrogens with zero attached hydrogens (tertiary/aromatic N) is 2. The van der Waals surface area contributed by atoms with E-state index in [1.165, 1.54) is 0 Å². The molecular formula is C18H25N3O3. The molecule has 6 heteroatoms. The van der Waals surface area contributed by atoms with E-state index in [0.717, 1.165) is 11.3 Å². The van der Waals surface area contributed by atoms with Gasteiger partial charge in [-0.2, -0.15) is 0 Å². The Morgan fingerprint density at radius 1 is 1.25 bits per heavy atom. The molecule has 6 nitrogen and oxygen atoms in total. The number of hydrogen-bond acceptors (Lipinski definition) is 3. The van der Waals surface area contributed by atoms with Crippen LogP contribution in [0, 0.1) is 12.3 Å². The number of aliphatic hydroxyl groups is 1. The topological polar surface area (TPSA) is 72.9 Å². The van der Waals surface area contributed by atoms with E-state index < -0.39 is 5.60 Å². The fourth-order valence-electron chi connectivity index (χ4n) is 3.35. The van der Waals surface area contributed by atoms with Crippen molar-refractivity contribution in [2.75, 3.05) is 31.1 Å². The largest absolute Gasteiger partial charge is 0.388 e. The molecule has 0 bridgehead atoms. The molecule has 0 radical (unpaired) electrons. The van der Waals surface area contributed by atoms with Crippen molar-refractivity contribution < 1.29 is 14.7 Å². The smallest absolute Gasteiger partial charge is 0.322 e. The molecule has 2 N–H and O–H groups in total. The Morgan fingerprint density at radius 3 is 2.50 bits per heavy atom. The number of likely N-dealkylation sites (tertiary alicyclic amines) is 1. The van der Waals surface area contributed by atoms with Gasteiger partial charge in [-0.15, -0.1) is 0 Å². The number of carbonyl (C=O) groups excluding carboxylic acids is 2. The Labute approximate surface area is 142 Å². The Balaban J connectivity index is 1.88. The number of amides is 3. The van der Waals surface area contributed by atoms with Crippen LogP contribution < -0.4 is 10.2 Å². The minimum absolute atomic E-state index is 0.110. The van der Waals surface area contributed by atoms with E-state index in [4.69, 9.17) is 0 Å². The third-order valence-corrected chi connectivity index (χ3v) is 5.43. The molecule has 2 aliphatic heterocycles. The van der Waals surface area contributed by atoms with Gasteiger partial charge in [-0.05, 0) is 31.5 Å². The van der Waals surface area contributed by atoms with E-state index >= 15 is 0 Å². The molecule has 0 unspecified atom stereocenters. The summed E-state index contributed by atoms with van der Waals surface area (Å²) in [5.74, 6) is -0.110. The molecule has 0 aromatic heterocycles. The van der Waals surface area contributed by atoms with Gasteiger partial charge in [0, 0.05) is 36.3 Å². The average molecular weight is 331 g/mol. The molecule has 130 valence electrons. The molecule has 1 aromatic carbocycles. The maximum absolute atomic E-state index is 12.9. The van der Waals surface area contributed by atoms with E-state index in [-0.39, 0.29) is 17.4 Å². The van der Waals surface area contributed by atoms with Gasteiger partial charge in [-0.25, -0.2) is 4.79 Å². The third-order valence-electron chi connectivity index (χ3n) is 5.43. The van der Waals surface area contributed by atoms with Crippen molar-refractivity contribution in [2.45, 2.75) is 33.3 Å². The predicted molar refractivity (Wildman–Crippen MR) is 92.2 cm³/mol. The molecule has 2 aliphatic rings. The van der Waals surface area contributed by atoms with Gasteiger partial charge in [0.25, 0.3) is 5.91 Å². The van der Waals surface area contributed by atoms with Crippen molar-refractivity contribution in [3.63, 3.8) is 0 Å². The number of hydrogen-bond donors (Lipinski definition) is 2. The van der Waals surface area contributed by atoms with Crippen molar-refractivity contribution in [1.29, 1.82) is 0 Å². The second kappa shape index (κ2) is 5.48. The van der Waals surface area contributed by atoms with Crippen LogP contribution in [0.3, 0.4) is 0 Å². The Morgan fingerprint density at radius 2 is 1.96 bits per heavy atom. The van der Waals surface area contributed by atoms with Crippen molar-refractivity contribution in [3.05, 3.63) is 29.3 Å². The van der Waals surface area contributed by atoms with E-state index in [9.17, 15) is 14.7 Å². The summed E-state index contributed by atoms with van der Waals surface area (Å²) >= 11 is 0. The van der Waals surface area contributed by atoms with Crippen LogP contribution in [-0.2, 0) is 0 Å². The summed E-state index contributed by atoms with van der Waals surface area (Å²) in [5.41, 5.74) is 0.998. The van der Waals surface area contributed by atoms with Crippen LogP contribution in [0.1, 0.15) is 36.7 Å². The second-order valence-electron chi connectivity index (χ2n) is 7.70. The van der Waals surface area contributed by atoms with Gasteiger partial charge in [-0.3, -0.25) is 9.69 Å². The lowest BCUT2D eigenvalue weighted by atomic mass is 9.79. The van der Waals surface area contributed by atoms with Crippen molar-refractivity contribution >= 4 is 17.6 Å². The molecule has 0 spiro atoms. The van der Waals surface area contributed by atoms with Gasteiger partial charge in [0.15, 0.2) is 0 Å². The number of aryl methyl sites for hydroxylation is 1. The molecule has 3 rings (SSSR count). The lowest BCUT2D eigenvalue weighted by molar-refractivity contribution is -0.0108. The van der Waals surface area contributed by atoms with E-state index in [2.05, 4.69) is 5.32 Å². The predicted octanol–water partition coefficient (Wildman–Crippen LogP) is 1.76. The van der Waals surface area contributed by atoms with Crippen LogP contribution in [-0.4, -0.2) is 53.7 Å². The molecular weight excluding hydrogens is 306 g/mol. The zero-order valence-electron chi connectivity index (χ0n) is 14.7. The number of anilines is 1. The Hall–Kier alpha value is -2.08. The average Bonchev–Trinajstić information content (AvgIpc) is 3.00. The van der Waals surface area contributed by atoms with Gasteiger partial charge >= 0.3 is 6.03 Å². The number of benzene rings is 1. The van der Waals surface area contributed by atoms with Crippen LogP contribution in [0.5, 0.6) is 0 Å². The van der Waals surface area contributed by atoms with Crippen LogP contribution in [0.2, 0.25) is 0 Å². The molecule has 2 heterocycles. The van der Waals surface area contributed by atoms with Gasteiger partial charge in [0.1, 0.15) is 0 Å². The minimum Gasteiger partial charge on any atom is -0.388 e. The zero-order chi connectivity index (χ0) is 17.7. The summed E-state index contributed by atoms with van der Waals surface area (Å²) in [5, 5.41) is 13.3. The molecule has 2 saturated heterocycles. The highest BCUT2D eigenvalue weighted by molar-refractivity contribution is 5.99. The highest BCUT2D eigenvalue weighted by atomic mass is 16.3. The van der Waals surface area contributed by atoms with Crippen molar-refractivity contribution in [1.82, 2.24) is 10.2 Å².